The van der Waals surface area contributed by atoms with E-state index in [-0.39, 0.29) is 10.1 Å². The second-order valence-electron chi connectivity index (χ2n) is 4.20. The van der Waals surface area contributed by atoms with Gasteiger partial charge in [-0.25, -0.2) is 22.2 Å². The maximum absolute atomic E-state index is 12.0. The quantitative estimate of drug-likeness (QED) is 0.851. The molecule has 2 amide bonds. The van der Waals surface area contributed by atoms with Gasteiger partial charge in [0.15, 0.2) is 0 Å². The number of carbonyl (C=O) groups is 1. The molecule has 1 aliphatic heterocycles. The molecule has 0 saturated heterocycles. The molecule has 1 heterocycles. The Morgan fingerprint density at radius 1 is 1.32 bits per heavy atom. The van der Waals surface area contributed by atoms with E-state index in [9.17, 15) is 13.2 Å². The first kappa shape index (κ1) is 14.0. The summed E-state index contributed by atoms with van der Waals surface area (Å²) >= 11 is 1.26. The van der Waals surface area contributed by atoms with Crippen molar-refractivity contribution in [3.05, 3.63) is 42.1 Å². The number of rotatable bonds is 2. The lowest BCUT2D eigenvalue weighted by atomic mass is 10.2. The molecule has 0 aliphatic carbocycles. The van der Waals surface area contributed by atoms with E-state index in [0.29, 0.717) is 0 Å². The largest absolute Gasteiger partial charge is 0.345 e. The van der Waals surface area contributed by atoms with Crippen molar-refractivity contribution < 1.29 is 13.2 Å². The topological polar surface area (TPSA) is 66.5 Å². The maximum Gasteiger partial charge on any atom is 0.345 e. The first-order valence-corrected chi connectivity index (χ1v) is 7.98. The number of nitrogens with one attached hydrogen (secondary N) is 1. The van der Waals surface area contributed by atoms with Crippen LogP contribution in [0, 0.1) is 6.92 Å². The molecule has 102 valence electrons. The Morgan fingerprint density at radius 3 is 2.47 bits per heavy atom. The zero-order valence-electron chi connectivity index (χ0n) is 10.5. The van der Waals surface area contributed by atoms with Gasteiger partial charge in [0, 0.05) is 11.4 Å². The van der Waals surface area contributed by atoms with Gasteiger partial charge in [0.1, 0.15) is 0 Å². The number of aryl methyl sites for hydroxylation is 1. The molecule has 1 N–H and O–H groups in total. The number of nitrogens with zero attached hydrogens (tertiary/aromatic N) is 1. The highest BCUT2D eigenvalue weighted by Gasteiger charge is 2.24. The average Bonchev–Trinajstić information content (AvgIpc) is 2.76. The summed E-state index contributed by atoms with van der Waals surface area (Å²) in [6.45, 7) is 3.78. The average molecular weight is 298 g/mol. The highest BCUT2D eigenvalue weighted by molar-refractivity contribution is 7.98. The summed E-state index contributed by atoms with van der Waals surface area (Å²) in [5, 5.41) is 0.160. The molecule has 0 aromatic heterocycles. The molecule has 0 bridgehead atoms. The van der Waals surface area contributed by atoms with Gasteiger partial charge in [-0.3, -0.25) is 0 Å². The summed E-state index contributed by atoms with van der Waals surface area (Å²) in [4.78, 5) is 11.9. The lowest BCUT2D eigenvalue weighted by Gasteiger charge is -2.14. The number of hydrogen-bond acceptors (Lipinski definition) is 4. The Bertz CT molecular complexity index is 608. The van der Waals surface area contributed by atoms with Gasteiger partial charge in [-0.2, -0.15) is 0 Å². The second-order valence-corrected chi connectivity index (χ2v) is 7.23. The molecule has 2 rings (SSSR count). The monoisotopic (exact) mass is 298 g/mol. The van der Waals surface area contributed by atoms with Gasteiger partial charge in [0.2, 0.25) is 0 Å². The molecule has 0 radical (unpaired) electrons. The lowest BCUT2D eigenvalue weighted by Crippen LogP contribution is -2.36. The first-order chi connectivity index (χ1) is 8.88. The fraction of sp³-hybridized carbons (Fsp3) is 0.250. The van der Waals surface area contributed by atoms with Gasteiger partial charge in [-0.05, 0) is 37.9 Å². The third kappa shape index (κ3) is 3.30. The number of hydrogen-bond donors (Lipinski definition) is 1. The van der Waals surface area contributed by atoms with Crippen molar-refractivity contribution in [3.63, 3.8) is 0 Å². The molecule has 1 unspecified atom stereocenters. The van der Waals surface area contributed by atoms with E-state index in [4.69, 9.17) is 0 Å². The summed E-state index contributed by atoms with van der Waals surface area (Å²) in [5.74, 6) is 0. The van der Waals surface area contributed by atoms with E-state index in [0.717, 1.165) is 5.56 Å². The van der Waals surface area contributed by atoms with Crippen LogP contribution in [0.3, 0.4) is 0 Å². The van der Waals surface area contributed by atoms with Gasteiger partial charge in [-0.1, -0.05) is 23.8 Å². The standard InChI is InChI=1S/C12H14N2O3S2/c1-9-3-5-11(6-4-9)19(16,17)13-12(15)14-8-7-10(2)18-14/h3-8,10H,1-2H3,(H,13,15). The molecular weight excluding hydrogens is 284 g/mol. The van der Waals surface area contributed by atoms with E-state index < -0.39 is 16.1 Å². The Kier molecular flexibility index (Phi) is 3.86. The van der Waals surface area contributed by atoms with Crippen LogP contribution in [0.1, 0.15) is 12.5 Å². The van der Waals surface area contributed by atoms with Gasteiger partial charge >= 0.3 is 6.03 Å². The van der Waals surface area contributed by atoms with Crippen LogP contribution >= 0.6 is 11.9 Å². The van der Waals surface area contributed by atoms with Crippen molar-refractivity contribution in [2.75, 3.05) is 0 Å². The highest BCUT2D eigenvalue weighted by atomic mass is 32.2. The Labute approximate surface area is 116 Å². The predicted molar refractivity (Wildman–Crippen MR) is 74.9 cm³/mol. The number of amides is 2. The molecule has 1 atom stereocenters. The van der Waals surface area contributed by atoms with E-state index in [1.54, 1.807) is 18.3 Å². The normalized spacial score (nSPS) is 18.6. The number of sulfonamides is 1. The molecule has 19 heavy (non-hydrogen) atoms. The molecule has 0 saturated carbocycles. The van der Waals surface area contributed by atoms with Crippen molar-refractivity contribution in [1.82, 2.24) is 9.03 Å². The Balaban J connectivity index is 2.11. The van der Waals surface area contributed by atoms with Crippen LogP contribution in [-0.4, -0.2) is 24.0 Å². The van der Waals surface area contributed by atoms with Crippen molar-refractivity contribution in [1.29, 1.82) is 0 Å². The SMILES string of the molecule is Cc1ccc(S(=O)(=O)NC(=O)N2C=CC(C)S2)cc1. The van der Waals surface area contributed by atoms with E-state index in [2.05, 4.69) is 0 Å². The van der Waals surface area contributed by atoms with Crippen LogP contribution in [0.15, 0.2) is 41.4 Å². The van der Waals surface area contributed by atoms with Crippen molar-refractivity contribution in [2.45, 2.75) is 24.0 Å². The Morgan fingerprint density at radius 2 is 1.95 bits per heavy atom. The molecule has 1 aliphatic rings. The number of benzene rings is 1. The molecule has 7 heteroatoms. The van der Waals surface area contributed by atoms with E-state index in [1.165, 1.54) is 28.4 Å². The molecular formula is C12H14N2O3S2. The van der Waals surface area contributed by atoms with Crippen molar-refractivity contribution in [3.8, 4) is 0 Å². The fourth-order valence-corrected chi connectivity index (χ4v) is 3.28. The lowest BCUT2D eigenvalue weighted by molar-refractivity contribution is 0.239. The molecule has 5 nitrogen and oxygen atoms in total. The van der Waals surface area contributed by atoms with Crippen LogP contribution in [0.5, 0.6) is 0 Å². The van der Waals surface area contributed by atoms with Crippen molar-refractivity contribution in [2.24, 2.45) is 0 Å². The number of carbonyl (C=O) groups excluding carboxylic acids is 1. The molecule has 0 spiro atoms. The van der Waals surface area contributed by atoms with Gasteiger partial charge < -0.3 is 0 Å². The maximum atomic E-state index is 12.0. The van der Waals surface area contributed by atoms with Crippen LogP contribution in [0.25, 0.3) is 0 Å². The van der Waals surface area contributed by atoms with Crippen LogP contribution < -0.4 is 4.72 Å². The highest BCUT2D eigenvalue weighted by Crippen LogP contribution is 2.25. The fourth-order valence-electron chi connectivity index (χ4n) is 1.50. The van der Waals surface area contributed by atoms with Crippen LogP contribution in [0.2, 0.25) is 0 Å². The number of urea groups is 1. The van der Waals surface area contributed by atoms with E-state index in [1.807, 2.05) is 24.6 Å². The van der Waals surface area contributed by atoms with Gasteiger partial charge in [0.25, 0.3) is 10.0 Å². The summed E-state index contributed by atoms with van der Waals surface area (Å²) in [7, 11) is -3.82. The van der Waals surface area contributed by atoms with Gasteiger partial charge in [0.05, 0.1) is 4.90 Å². The zero-order chi connectivity index (χ0) is 14.0. The Hall–Kier alpha value is -1.47. The summed E-state index contributed by atoms with van der Waals surface area (Å²) in [6, 6.07) is 5.66. The molecule has 0 fully saturated rings. The summed E-state index contributed by atoms with van der Waals surface area (Å²) < 4.78 is 27.3. The van der Waals surface area contributed by atoms with Crippen molar-refractivity contribution >= 4 is 28.0 Å². The van der Waals surface area contributed by atoms with E-state index >= 15 is 0 Å². The minimum Gasteiger partial charge on any atom is -0.246 e. The van der Waals surface area contributed by atoms with Crippen LogP contribution in [0.4, 0.5) is 4.79 Å². The summed E-state index contributed by atoms with van der Waals surface area (Å²) in [6.07, 6.45) is 3.39. The van der Waals surface area contributed by atoms with Crippen LogP contribution in [-0.2, 0) is 10.0 Å². The second kappa shape index (κ2) is 5.26. The molecule has 1 aromatic rings. The third-order valence-corrected chi connectivity index (χ3v) is 4.87. The van der Waals surface area contributed by atoms with Gasteiger partial charge in [-0.15, -0.1) is 0 Å². The zero-order valence-corrected chi connectivity index (χ0v) is 12.2. The predicted octanol–water partition coefficient (Wildman–Crippen LogP) is 2.26. The first-order valence-electron chi connectivity index (χ1n) is 5.66. The smallest absolute Gasteiger partial charge is 0.246 e. The summed E-state index contributed by atoms with van der Waals surface area (Å²) in [5.41, 5.74) is 0.956. The minimum atomic E-state index is -3.82. The minimum absolute atomic E-state index is 0.0766. The third-order valence-electron chi connectivity index (χ3n) is 2.53. The molecule has 1 aromatic carbocycles.